The molecule has 19 heavy (non-hydrogen) atoms. The van der Waals surface area contributed by atoms with E-state index in [0.717, 1.165) is 17.7 Å². The molecule has 1 aromatic heterocycles. The van der Waals surface area contributed by atoms with E-state index in [9.17, 15) is 4.79 Å². The Morgan fingerprint density at radius 1 is 1.16 bits per heavy atom. The highest BCUT2D eigenvalue weighted by atomic mass is 16.3. The molecule has 1 heterocycles. The van der Waals surface area contributed by atoms with E-state index in [4.69, 9.17) is 5.11 Å². The van der Waals surface area contributed by atoms with Gasteiger partial charge in [-0.05, 0) is 36.2 Å². The molecule has 2 N–H and O–H groups in total. The van der Waals surface area contributed by atoms with Gasteiger partial charge < -0.3 is 10.4 Å². The Kier molecular flexibility index (Phi) is 4.50. The number of nitrogens with one attached hydrogen (secondary N) is 1. The fourth-order valence-corrected chi connectivity index (χ4v) is 1.74. The fourth-order valence-electron chi connectivity index (χ4n) is 1.74. The first kappa shape index (κ1) is 13.1. The van der Waals surface area contributed by atoms with Crippen molar-refractivity contribution >= 4 is 5.91 Å². The van der Waals surface area contributed by atoms with E-state index in [1.54, 1.807) is 18.3 Å². The van der Waals surface area contributed by atoms with E-state index in [1.165, 1.54) is 0 Å². The van der Waals surface area contributed by atoms with Crippen LogP contribution in [0.4, 0.5) is 0 Å². The third-order valence-corrected chi connectivity index (χ3v) is 2.74. The van der Waals surface area contributed by atoms with Gasteiger partial charge in [0.05, 0.1) is 6.42 Å². The lowest BCUT2D eigenvalue weighted by molar-refractivity contribution is -0.120. The number of rotatable bonds is 5. The lowest BCUT2D eigenvalue weighted by Gasteiger charge is -2.05. The van der Waals surface area contributed by atoms with Gasteiger partial charge in [0.15, 0.2) is 0 Å². The van der Waals surface area contributed by atoms with Gasteiger partial charge in [0.1, 0.15) is 5.75 Å². The zero-order valence-electron chi connectivity index (χ0n) is 10.5. The predicted molar refractivity (Wildman–Crippen MR) is 72.8 cm³/mol. The highest BCUT2D eigenvalue weighted by Gasteiger charge is 2.03. The summed E-state index contributed by atoms with van der Waals surface area (Å²) in [6.07, 6.45) is 2.73. The van der Waals surface area contributed by atoms with Gasteiger partial charge >= 0.3 is 0 Å². The van der Waals surface area contributed by atoms with Crippen LogP contribution in [0.2, 0.25) is 0 Å². The Balaban J connectivity index is 1.74. The second-order valence-electron chi connectivity index (χ2n) is 4.26. The molecule has 1 amide bonds. The van der Waals surface area contributed by atoms with Gasteiger partial charge in [0.25, 0.3) is 0 Å². The Hall–Kier alpha value is -2.36. The van der Waals surface area contributed by atoms with Crippen LogP contribution < -0.4 is 5.32 Å². The highest BCUT2D eigenvalue weighted by molar-refractivity contribution is 5.78. The minimum absolute atomic E-state index is 0.0301. The Bertz CT molecular complexity index is 524. The molecular weight excluding hydrogens is 240 g/mol. The van der Waals surface area contributed by atoms with Crippen LogP contribution in [0.5, 0.6) is 5.75 Å². The van der Waals surface area contributed by atoms with Crippen LogP contribution in [0.25, 0.3) is 0 Å². The zero-order valence-corrected chi connectivity index (χ0v) is 10.5. The average molecular weight is 256 g/mol. The molecular formula is C15H16N2O2. The van der Waals surface area contributed by atoms with Gasteiger partial charge in [0.2, 0.25) is 5.91 Å². The molecule has 0 bridgehead atoms. The first-order valence-corrected chi connectivity index (χ1v) is 6.18. The van der Waals surface area contributed by atoms with E-state index in [0.29, 0.717) is 13.0 Å². The molecule has 0 aliphatic carbocycles. The van der Waals surface area contributed by atoms with Gasteiger partial charge in [-0.2, -0.15) is 0 Å². The second-order valence-corrected chi connectivity index (χ2v) is 4.26. The second kappa shape index (κ2) is 6.54. The third kappa shape index (κ3) is 4.43. The minimum Gasteiger partial charge on any atom is -0.508 e. The van der Waals surface area contributed by atoms with Crippen LogP contribution >= 0.6 is 0 Å². The summed E-state index contributed by atoms with van der Waals surface area (Å²) in [6, 6.07) is 12.5. The van der Waals surface area contributed by atoms with E-state index < -0.39 is 0 Å². The van der Waals surface area contributed by atoms with Crippen LogP contribution in [-0.2, 0) is 17.6 Å². The zero-order chi connectivity index (χ0) is 13.5. The van der Waals surface area contributed by atoms with Crippen LogP contribution in [0, 0.1) is 0 Å². The van der Waals surface area contributed by atoms with Crippen LogP contribution in [-0.4, -0.2) is 22.5 Å². The van der Waals surface area contributed by atoms with Crippen molar-refractivity contribution in [2.24, 2.45) is 0 Å². The lowest BCUT2D eigenvalue weighted by atomic mass is 10.1. The molecule has 0 aliphatic heterocycles. The molecule has 4 heteroatoms. The largest absolute Gasteiger partial charge is 0.508 e. The number of benzene rings is 1. The highest BCUT2D eigenvalue weighted by Crippen LogP contribution is 2.09. The lowest BCUT2D eigenvalue weighted by Crippen LogP contribution is -2.27. The van der Waals surface area contributed by atoms with E-state index in [-0.39, 0.29) is 11.7 Å². The van der Waals surface area contributed by atoms with E-state index >= 15 is 0 Å². The van der Waals surface area contributed by atoms with Crippen molar-refractivity contribution in [2.45, 2.75) is 12.8 Å². The summed E-state index contributed by atoms with van der Waals surface area (Å²) in [4.78, 5) is 15.8. The maximum Gasteiger partial charge on any atom is 0.226 e. The van der Waals surface area contributed by atoms with Crippen molar-refractivity contribution in [2.75, 3.05) is 6.54 Å². The minimum atomic E-state index is -0.0301. The summed E-state index contributed by atoms with van der Waals surface area (Å²) in [5.74, 6) is 0.223. The summed E-state index contributed by atoms with van der Waals surface area (Å²) in [5, 5.41) is 12.0. The average Bonchev–Trinajstić information content (AvgIpc) is 2.42. The number of aromatic nitrogens is 1. The molecule has 0 saturated heterocycles. The number of phenols is 1. The smallest absolute Gasteiger partial charge is 0.226 e. The van der Waals surface area contributed by atoms with E-state index in [1.807, 2.05) is 30.3 Å². The summed E-state index contributed by atoms with van der Waals surface area (Å²) in [6.45, 7) is 0.580. The number of hydrogen-bond acceptors (Lipinski definition) is 3. The number of pyridine rings is 1. The van der Waals surface area contributed by atoms with Gasteiger partial charge in [-0.1, -0.05) is 18.2 Å². The third-order valence-electron chi connectivity index (χ3n) is 2.74. The Morgan fingerprint density at radius 2 is 1.95 bits per heavy atom. The molecule has 4 nitrogen and oxygen atoms in total. The predicted octanol–water partition coefficient (Wildman–Crippen LogP) is 1.69. The first-order chi connectivity index (χ1) is 9.24. The number of carbonyl (C=O) groups is 1. The fraction of sp³-hybridized carbons (Fsp3) is 0.200. The quantitative estimate of drug-likeness (QED) is 0.855. The van der Waals surface area contributed by atoms with Crippen LogP contribution in [0.3, 0.4) is 0 Å². The van der Waals surface area contributed by atoms with Crippen LogP contribution in [0.15, 0.2) is 48.7 Å². The summed E-state index contributed by atoms with van der Waals surface area (Å²) < 4.78 is 0. The summed E-state index contributed by atoms with van der Waals surface area (Å²) in [5.41, 5.74) is 1.85. The number of hydrogen-bond donors (Lipinski definition) is 2. The standard InChI is InChI=1S/C15H16N2O2/c18-14-6-4-12(5-7-14)8-10-17-15(19)11-13-3-1-2-9-16-13/h1-7,9,18H,8,10-11H2,(H,17,19). The van der Waals surface area contributed by atoms with Crippen molar-refractivity contribution in [3.05, 3.63) is 59.9 Å². The molecule has 0 radical (unpaired) electrons. The van der Waals surface area contributed by atoms with Gasteiger partial charge in [-0.3, -0.25) is 9.78 Å². The van der Waals surface area contributed by atoms with Crippen molar-refractivity contribution in [1.29, 1.82) is 0 Å². The normalized spacial score (nSPS) is 10.1. The van der Waals surface area contributed by atoms with Crippen molar-refractivity contribution in [3.63, 3.8) is 0 Å². The maximum atomic E-state index is 11.7. The molecule has 0 unspecified atom stereocenters. The van der Waals surface area contributed by atoms with Crippen LogP contribution in [0.1, 0.15) is 11.3 Å². The van der Waals surface area contributed by atoms with Gasteiger partial charge in [-0.15, -0.1) is 0 Å². The summed E-state index contributed by atoms with van der Waals surface area (Å²) >= 11 is 0. The molecule has 2 rings (SSSR count). The molecule has 1 aromatic carbocycles. The molecule has 0 fully saturated rings. The number of amides is 1. The van der Waals surface area contributed by atoms with E-state index in [2.05, 4.69) is 10.3 Å². The van der Waals surface area contributed by atoms with Crippen molar-refractivity contribution in [1.82, 2.24) is 10.3 Å². The topological polar surface area (TPSA) is 62.2 Å². The maximum absolute atomic E-state index is 11.7. The molecule has 0 atom stereocenters. The molecule has 2 aromatic rings. The molecule has 0 saturated carbocycles. The van der Waals surface area contributed by atoms with Crippen molar-refractivity contribution < 1.29 is 9.90 Å². The van der Waals surface area contributed by atoms with Crippen molar-refractivity contribution in [3.8, 4) is 5.75 Å². The van der Waals surface area contributed by atoms with Gasteiger partial charge in [-0.25, -0.2) is 0 Å². The number of nitrogens with zero attached hydrogens (tertiary/aromatic N) is 1. The Morgan fingerprint density at radius 3 is 2.63 bits per heavy atom. The number of aromatic hydroxyl groups is 1. The number of carbonyl (C=O) groups excluding carboxylic acids is 1. The SMILES string of the molecule is O=C(Cc1ccccn1)NCCc1ccc(O)cc1. The monoisotopic (exact) mass is 256 g/mol. The molecule has 98 valence electrons. The molecule has 0 aliphatic rings. The Labute approximate surface area is 112 Å². The molecule has 0 spiro atoms. The van der Waals surface area contributed by atoms with Gasteiger partial charge in [0, 0.05) is 18.4 Å². The number of phenolic OH excluding ortho intramolecular Hbond substituents is 1. The summed E-state index contributed by atoms with van der Waals surface area (Å²) in [7, 11) is 0. The first-order valence-electron chi connectivity index (χ1n) is 6.18.